The van der Waals surface area contributed by atoms with Gasteiger partial charge in [-0.1, -0.05) is 12.1 Å². The van der Waals surface area contributed by atoms with E-state index in [1.54, 1.807) is 36.2 Å². The molecular weight excluding hydrogens is 342 g/mol. The Labute approximate surface area is 149 Å². The van der Waals surface area contributed by atoms with Crippen molar-refractivity contribution in [1.82, 2.24) is 14.5 Å². The molecule has 1 fully saturated rings. The van der Waals surface area contributed by atoms with Gasteiger partial charge in [0.1, 0.15) is 16.7 Å². The van der Waals surface area contributed by atoms with Crippen LogP contribution in [0, 0.1) is 0 Å². The van der Waals surface area contributed by atoms with E-state index in [0.29, 0.717) is 31.7 Å². The molecule has 1 saturated heterocycles. The van der Waals surface area contributed by atoms with Crippen molar-refractivity contribution in [1.29, 1.82) is 0 Å². The van der Waals surface area contributed by atoms with Crippen molar-refractivity contribution in [3.8, 4) is 5.75 Å². The SMILES string of the molecule is CC(C)NC(=O)N1CC[C@@H]2[C@@H](CC1)Oc1ccccc1S(=O)(=O)N2C. The van der Waals surface area contributed by atoms with E-state index in [1.807, 2.05) is 13.8 Å². The van der Waals surface area contributed by atoms with E-state index in [1.165, 1.54) is 4.31 Å². The molecule has 0 spiro atoms. The molecule has 2 heterocycles. The number of para-hydroxylation sites is 1. The average molecular weight is 367 g/mol. The molecule has 7 nitrogen and oxygen atoms in total. The van der Waals surface area contributed by atoms with Crippen LogP contribution in [0.25, 0.3) is 0 Å². The molecule has 2 aliphatic heterocycles. The molecule has 3 rings (SSSR count). The maximum absolute atomic E-state index is 12.9. The van der Waals surface area contributed by atoms with Crippen molar-refractivity contribution in [2.75, 3.05) is 20.1 Å². The molecule has 2 aliphatic rings. The van der Waals surface area contributed by atoms with E-state index in [-0.39, 0.29) is 29.1 Å². The zero-order valence-corrected chi connectivity index (χ0v) is 15.6. The maximum Gasteiger partial charge on any atom is 0.317 e. The molecule has 8 heteroatoms. The summed E-state index contributed by atoms with van der Waals surface area (Å²) in [6, 6.07) is 6.39. The molecular formula is C17H25N3O4S. The van der Waals surface area contributed by atoms with Crippen LogP contribution in [0.1, 0.15) is 26.7 Å². The highest BCUT2D eigenvalue weighted by atomic mass is 32.2. The Morgan fingerprint density at radius 3 is 2.64 bits per heavy atom. The number of nitrogens with zero attached hydrogens (tertiary/aromatic N) is 2. The van der Waals surface area contributed by atoms with E-state index in [0.717, 1.165) is 0 Å². The van der Waals surface area contributed by atoms with Crippen LogP contribution in [0.4, 0.5) is 4.79 Å². The monoisotopic (exact) mass is 367 g/mol. The Morgan fingerprint density at radius 2 is 1.92 bits per heavy atom. The predicted octanol–water partition coefficient (Wildman–Crippen LogP) is 1.65. The molecule has 0 aliphatic carbocycles. The molecule has 0 saturated carbocycles. The number of carbonyl (C=O) groups excluding carboxylic acids is 1. The number of urea groups is 1. The van der Waals surface area contributed by atoms with Crippen LogP contribution in [0.3, 0.4) is 0 Å². The Bertz CT molecular complexity index is 750. The van der Waals surface area contributed by atoms with E-state index in [2.05, 4.69) is 5.32 Å². The number of sulfonamides is 1. The molecule has 1 aromatic carbocycles. The zero-order chi connectivity index (χ0) is 18.2. The van der Waals surface area contributed by atoms with Gasteiger partial charge in [0.2, 0.25) is 10.0 Å². The fraction of sp³-hybridized carbons (Fsp3) is 0.588. The topological polar surface area (TPSA) is 79.0 Å². The highest BCUT2D eigenvalue weighted by Crippen LogP contribution is 2.35. The van der Waals surface area contributed by atoms with Crippen LogP contribution in [-0.4, -0.2) is 62.0 Å². The Balaban J connectivity index is 1.87. The summed E-state index contributed by atoms with van der Waals surface area (Å²) >= 11 is 0. The van der Waals surface area contributed by atoms with Crippen LogP contribution >= 0.6 is 0 Å². The number of fused-ring (bicyclic) bond motifs is 2. The number of likely N-dealkylation sites (tertiary alicyclic amines) is 1. The summed E-state index contributed by atoms with van der Waals surface area (Å²) in [6.45, 7) is 4.87. The number of nitrogens with one attached hydrogen (secondary N) is 1. The normalized spacial score (nSPS) is 26.0. The van der Waals surface area contributed by atoms with Crippen LogP contribution in [0.5, 0.6) is 5.75 Å². The lowest BCUT2D eigenvalue weighted by molar-refractivity contribution is 0.122. The first-order chi connectivity index (χ1) is 11.8. The third-order valence-corrected chi connectivity index (χ3v) is 6.68. The predicted molar refractivity (Wildman–Crippen MR) is 94.1 cm³/mol. The van der Waals surface area contributed by atoms with Gasteiger partial charge in [0.25, 0.3) is 0 Å². The Hall–Kier alpha value is -1.80. The number of rotatable bonds is 1. The van der Waals surface area contributed by atoms with Crippen LogP contribution in [0.15, 0.2) is 29.2 Å². The lowest BCUT2D eigenvalue weighted by Crippen LogP contribution is -2.45. The van der Waals surface area contributed by atoms with Crippen molar-refractivity contribution < 1.29 is 17.9 Å². The number of likely N-dealkylation sites (N-methyl/N-ethyl adjacent to an activating group) is 1. The summed E-state index contributed by atoms with van der Waals surface area (Å²) < 4.78 is 33.3. The first kappa shape index (κ1) is 18.0. The fourth-order valence-electron chi connectivity index (χ4n) is 3.41. The number of hydrogen-bond donors (Lipinski definition) is 1. The third kappa shape index (κ3) is 3.46. The van der Waals surface area contributed by atoms with Crippen molar-refractivity contribution in [3.05, 3.63) is 24.3 Å². The zero-order valence-electron chi connectivity index (χ0n) is 14.8. The largest absolute Gasteiger partial charge is 0.487 e. The minimum atomic E-state index is -3.61. The summed E-state index contributed by atoms with van der Waals surface area (Å²) in [7, 11) is -2.01. The highest BCUT2D eigenvalue weighted by Gasteiger charge is 2.41. The second-order valence-electron chi connectivity index (χ2n) is 6.86. The molecule has 0 bridgehead atoms. The quantitative estimate of drug-likeness (QED) is 0.819. The van der Waals surface area contributed by atoms with Crippen molar-refractivity contribution in [2.45, 2.75) is 49.8 Å². The molecule has 2 amide bonds. The highest BCUT2D eigenvalue weighted by molar-refractivity contribution is 7.89. The average Bonchev–Trinajstić information content (AvgIpc) is 2.79. The molecule has 138 valence electrons. The van der Waals surface area contributed by atoms with Gasteiger partial charge in [-0.25, -0.2) is 13.2 Å². The molecule has 2 atom stereocenters. The van der Waals surface area contributed by atoms with Gasteiger partial charge in [0.15, 0.2) is 0 Å². The van der Waals surface area contributed by atoms with Gasteiger partial charge in [-0.2, -0.15) is 4.31 Å². The minimum Gasteiger partial charge on any atom is -0.487 e. The number of benzene rings is 1. The van der Waals surface area contributed by atoms with E-state index >= 15 is 0 Å². The number of carbonyl (C=O) groups is 1. The van der Waals surface area contributed by atoms with Gasteiger partial charge < -0.3 is 15.0 Å². The fourth-order valence-corrected chi connectivity index (χ4v) is 4.94. The summed E-state index contributed by atoms with van der Waals surface area (Å²) in [5.74, 6) is 0.391. The van der Waals surface area contributed by atoms with Gasteiger partial charge in [-0.05, 0) is 32.4 Å². The van der Waals surface area contributed by atoms with Crippen LogP contribution < -0.4 is 10.1 Å². The molecule has 1 aromatic rings. The summed E-state index contributed by atoms with van der Waals surface area (Å²) in [6.07, 6.45) is 0.852. The summed E-state index contributed by atoms with van der Waals surface area (Å²) in [4.78, 5) is 14.2. The van der Waals surface area contributed by atoms with Crippen LogP contribution in [0.2, 0.25) is 0 Å². The standard InChI is InChI=1S/C17H25N3O4S/c1-12(2)18-17(21)20-10-8-13-14(9-11-20)24-15-6-4-5-7-16(15)25(22,23)19(13)3/h4-7,12-14H,8-11H2,1-3H3,(H,18,21)/t13-,14-/m1/s1. The summed E-state index contributed by atoms with van der Waals surface area (Å²) in [5.41, 5.74) is 0. The molecule has 25 heavy (non-hydrogen) atoms. The molecule has 0 unspecified atom stereocenters. The lowest BCUT2D eigenvalue weighted by Gasteiger charge is -2.28. The number of ether oxygens (including phenoxy) is 1. The van der Waals surface area contributed by atoms with Crippen LogP contribution in [-0.2, 0) is 10.0 Å². The Kier molecular flexibility index (Phi) is 4.92. The van der Waals surface area contributed by atoms with Gasteiger partial charge in [-0.15, -0.1) is 0 Å². The van der Waals surface area contributed by atoms with Gasteiger partial charge >= 0.3 is 6.03 Å². The molecule has 0 radical (unpaired) electrons. The first-order valence-corrected chi connectivity index (χ1v) is 10.0. The van der Waals surface area contributed by atoms with Gasteiger partial charge in [0, 0.05) is 32.6 Å². The molecule has 0 aromatic heterocycles. The molecule has 1 N–H and O–H groups in total. The van der Waals surface area contributed by atoms with Crippen molar-refractivity contribution >= 4 is 16.1 Å². The minimum absolute atomic E-state index is 0.0624. The Morgan fingerprint density at radius 1 is 1.24 bits per heavy atom. The van der Waals surface area contributed by atoms with Gasteiger partial charge in [-0.3, -0.25) is 0 Å². The first-order valence-electron chi connectivity index (χ1n) is 8.60. The second-order valence-corrected chi connectivity index (χ2v) is 8.83. The van der Waals surface area contributed by atoms with Crippen molar-refractivity contribution in [2.24, 2.45) is 0 Å². The summed E-state index contributed by atoms with van der Waals surface area (Å²) in [5, 5.41) is 2.89. The number of amides is 2. The number of hydrogen-bond acceptors (Lipinski definition) is 4. The smallest absolute Gasteiger partial charge is 0.317 e. The maximum atomic E-state index is 12.9. The van der Waals surface area contributed by atoms with E-state index in [4.69, 9.17) is 4.74 Å². The van der Waals surface area contributed by atoms with E-state index in [9.17, 15) is 13.2 Å². The lowest BCUT2D eigenvalue weighted by atomic mass is 10.1. The second kappa shape index (κ2) is 6.84. The van der Waals surface area contributed by atoms with Gasteiger partial charge in [0.05, 0.1) is 6.04 Å². The van der Waals surface area contributed by atoms with E-state index < -0.39 is 10.0 Å². The third-order valence-electron chi connectivity index (χ3n) is 4.76. The van der Waals surface area contributed by atoms with Crippen molar-refractivity contribution in [3.63, 3.8) is 0 Å².